The second kappa shape index (κ2) is 5.93. The van der Waals surface area contributed by atoms with Gasteiger partial charge in [-0.15, -0.1) is 0 Å². The fourth-order valence-corrected chi connectivity index (χ4v) is 3.39. The van der Waals surface area contributed by atoms with Gasteiger partial charge in [0.2, 0.25) is 0 Å². The standard InChI is InChI=1S/C17H21N3O2/c1-12-5-3-4-6-14(12)15-10-20(11-16(15)17(21)22)9-13-7-18-19(2)8-13/h3-8,15-16H,9-11H2,1-2H3,(H,21,22)/t15-,16+/m0/s1. The van der Waals surface area contributed by atoms with Gasteiger partial charge in [0.1, 0.15) is 0 Å². The zero-order valence-electron chi connectivity index (χ0n) is 12.9. The maximum absolute atomic E-state index is 11.7. The van der Waals surface area contributed by atoms with Crippen molar-refractivity contribution in [1.29, 1.82) is 0 Å². The summed E-state index contributed by atoms with van der Waals surface area (Å²) in [6, 6.07) is 8.10. The molecule has 1 saturated heterocycles. The van der Waals surface area contributed by atoms with E-state index in [1.165, 1.54) is 5.56 Å². The van der Waals surface area contributed by atoms with E-state index in [1.807, 2.05) is 31.6 Å². The van der Waals surface area contributed by atoms with Gasteiger partial charge in [0.15, 0.2) is 0 Å². The van der Waals surface area contributed by atoms with Gasteiger partial charge in [0, 0.05) is 44.4 Å². The molecule has 5 nitrogen and oxygen atoms in total. The van der Waals surface area contributed by atoms with E-state index in [4.69, 9.17) is 0 Å². The lowest BCUT2D eigenvalue weighted by molar-refractivity contribution is -0.141. The van der Waals surface area contributed by atoms with E-state index < -0.39 is 5.97 Å². The predicted octanol–water partition coefficient (Wildman–Crippen LogP) is 2.03. The van der Waals surface area contributed by atoms with Crippen molar-refractivity contribution in [3.8, 4) is 0 Å². The Hall–Kier alpha value is -2.14. The average Bonchev–Trinajstić information content (AvgIpc) is 3.06. The molecule has 0 spiro atoms. The summed E-state index contributed by atoms with van der Waals surface area (Å²) < 4.78 is 1.78. The van der Waals surface area contributed by atoms with Crippen LogP contribution < -0.4 is 0 Å². The van der Waals surface area contributed by atoms with Gasteiger partial charge in [0.25, 0.3) is 0 Å². The first kappa shape index (κ1) is 14.8. The third-order valence-corrected chi connectivity index (χ3v) is 4.47. The molecule has 0 saturated carbocycles. The molecule has 0 amide bonds. The number of carboxylic acid groups (broad SMARTS) is 1. The fourth-order valence-electron chi connectivity index (χ4n) is 3.39. The van der Waals surface area contributed by atoms with E-state index in [2.05, 4.69) is 29.1 Å². The van der Waals surface area contributed by atoms with Crippen LogP contribution in [0.3, 0.4) is 0 Å². The maximum atomic E-state index is 11.7. The number of aryl methyl sites for hydroxylation is 2. The van der Waals surface area contributed by atoms with Crippen molar-refractivity contribution < 1.29 is 9.90 Å². The molecule has 0 radical (unpaired) electrons. The number of aliphatic carboxylic acids is 1. The molecule has 0 bridgehead atoms. The third-order valence-electron chi connectivity index (χ3n) is 4.47. The third kappa shape index (κ3) is 2.90. The normalized spacial score (nSPS) is 22.1. The first-order valence-electron chi connectivity index (χ1n) is 7.53. The van der Waals surface area contributed by atoms with Crippen LogP contribution in [0.4, 0.5) is 0 Å². The van der Waals surface area contributed by atoms with Crippen molar-refractivity contribution in [1.82, 2.24) is 14.7 Å². The zero-order chi connectivity index (χ0) is 15.7. The first-order valence-corrected chi connectivity index (χ1v) is 7.53. The summed E-state index contributed by atoms with van der Waals surface area (Å²) in [5.74, 6) is -1.00. The topological polar surface area (TPSA) is 58.4 Å². The molecule has 2 atom stereocenters. The van der Waals surface area contributed by atoms with Gasteiger partial charge in [-0.05, 0) is 18.1 Å². The number of aromatic nitrogens is 2. The summed E-state index contributed by atoms with van der Waals surface area (Å²) >= 11 is 0. The second-order valence-corrected chi connectivity index (χ2v) is 6.12. The molecule has 1 aliphatic heterocycles. The Morgan fingerprint density at radius 2 is 2.14 bits per heavy atom. The van der Waals surface area contributed by atoms with Gasteiger partial charge in [-0.25, -0.2) is 0 Å². The van der Waals surface area contributed by atoms with Crippen molar-refractivity contribution in [3.63, 3.8) is 0 Å². The molecule has 2 heterocycles. The molecule has 1 aromatic heterocycles. The molecule has 1 fully saturated rings. The Labute approximate surface area is 130 Å². The number of hydrogen-bond donors (Lipinski definition) is 1. The van der Waals surface area contributed by atoms with Crippen LogP contribution in [0.2, 0.25) is 0 Å². The van der Waals surface area contributed by atoms with E-state index >= 15 is 0 Å². The fraction of sp³-hybridized carbons (Fsp3) is 0.412. The Morgan fingerprint density at radius 1 is 1.36 bits per heavy atom. The highest BCUT2D eigenvalue weighted by atomic mass is 16.4. The Balaban J connectivity index is 1.81. The lowest BCUT2D eigenvalue weighted by Gasteiger charge is -2.17. The highest BCUT2D eigenvalue weighted by Crippen LogP contribution is 2.35. The second-order valence-electron chi connectivity index (χ2n) is 6.12. The number of nitrogens with zero attached hydrogens (tertiary/aromatic N) is 3. The van der Waals surface area contributed by atoms with Crippen molar-refractivity contribution >= 4 is 5.97 Å². The molecule has 5 heteroatoms. The van der Waals surface area contributed by atoms with E-state index in [0.717, 1.165) is 24.2 Å². The van der Waals surface area contributed by atoms with Crippen LogP contribution in [-0.4, -0.2) is 38.8 Å². The lowest BCUT2D eigenvalue weighted by Crippen LogP contribution is -2.23. The van der Waals surface area contributed by atoms with Crippen LogP contribution in [0, 0.1) is 12.8 Å². The predicted molar refractivity (Wildman–Crippen MR) is 83.5 cm³/mol. The van der Waals surface area contributed by atoms with Gasteiger partial charge in [0.05, 0.1) is 12.1 Å². The van der Waals surface area contributed by atoms with Crippen LogP contribution in [0.1, 0.15) is 22.6 Å². The number of hydrogen-bond acceptors (Lipinski definition) is 3. The first-order chi connectivity index (χ1) is 10.5. The van der Waals surface area contributed by atoms with Gasteiger partial charge in [-0.2, -0.15) is 5.10 Å². The molecule has 0 aliphatic carbocycles. The molecular formula is C17H21N3O2. The number of benzene rings is 1. The average molecular weight is 299 g/mol. The molecule has 1 aliphatic rings. The van der Waals surface area contributed by atoms with E-state index in [-0.39, 0.29) is 11.8 Å². The Morgan fingerprint density at radius 3 is 2.77 bits per heavy atom. The zero-order valence-corrected chi connectivity index (χ0v) is 12.9. The van der Waals surface area contributed by atoms with Gasteiger partial charge in [-0.3, -0.25) is 14.4 Å². The van der Waals surface area contributed by atoms with Gasteiger partial charge in [-0.1, -0.05) is 24.3 Å². The monoisotopic (exact) mass is 299 g/mol. The molecule has 1 aromatic carbocycles. The minimum Gasteiger partial charge on any atom is -0.481 e. The molecular weight excluding hydrogens is 278 g/mol. The minimum absolute atomic E-state index is 0.0513. The summed E-state index contributed by atoms with van der Waals surface area (Å²) in [4.78, 5) is 13.9. The number of carboxylic acids is 1. The summed E-state index contributed by atoms with van der Waals surface area (Å²) in [6.45, 7) is 4.16. The molecule has 3 rings (SSSR count). The largest absolute Gasteiger partial charge is 0.481 e. The number of carbonyl (C=O) groups is 1. The van der Waals surface area contributed by atoms with Crippen LogP contribution >= 0.6 is 0 Å². The molecule has 2 aromatic rings. The molecule has 22 heavy (non-hydrogen) atoms. The highest BCUT2D eigenvalue weighted by Gasteiger charge is 2.38. The van der Waals surface area contributed by atoms with Crippen molar-refractivity contribution in [2.75, 3.05) is 13.1 Å². The van der Waals surface area contributed by atoms with E-state index in [9.17, 15) is 9.90 Å². The molecule has 116 valence electrons. The number of rotatable bonds is 4. The SMILES string of the molecule is Cc1ccccc1[C@@H]1CN(Cc2cnn(C)c2)C[C@H]1C(=O)O. The van der Waals surface area contributed by atoms with Gasteiger partial charge >= 0.3 is 5.97 Å². The molecule has 0 unspecified atom stereocenters. The van der Waals surface area contributed by atoms with Crippen molar-refractivity contribution in [2.45, 2.75) is 19.4 Å². The highest BCUT2D eigenvalue weighted by molar-refractivity contribution is 5.72. The van der Waals surface area contributed by atoms with Crippen molar-refractivity contribution in [2.24, 2.45) is 13.0 Å². The van der Waals surface area contributed by atoms with E-state index in [1.54, 1.807) is 4.68 Å². The smallest absolute Gasteiger partial charge is 0.308 e. The Kier molecular flexibility index (Phi) is 3.98. The molecule has 1 N–H and O–H groups in total. The Bertz CT molecular complexity index is 680. The van der Waals surface area contributed by atoms with Crippen LogP contribution in [-0.2, 0) is 18.4 Å². The van der Waals surface area contributed by atoms with Crippen LogP contribution in [0.15, 0.2) is 36.7 Å². The van der Waals surface area contributed by atoms with Gasteiger partial charge < -0.3 is 5.11 Å². The van der Waals surface area contributed by atoms with Crippen molar-refractivity contribution in [3.05, 3.63) is 53.3 Å². The summed E-state index contributed by atoms with van der Waals surface area (Å²) in [5, 5.41) is 13.8. The quantitative estimate of drug-likeness (QED) is 0.938. The van der Waals surface area contributed by atoms with E-state index in [0.29, 0.717) is 6.54 Å². The number of likely N-dealkylation sites (tertiary alicyclic amines) is 1. The summed E-state index contributed by atoms with van der Waals surface area (Å²) in [5.41, 5.74) is 3.45. The van der Waals surface area contributed by atoms with Crippen LogP contribution in [0.5, 0.6) is 0 Å². The summed E-state index contributed by atoms with van der Waals surface area (Å²) in [7, 11) is 1.89. The summed E-state index contributed by atoms with van der Waals surface area (Å²) in [6.07, 6.45) is 3.83. The van der Waals surface area contributed by atoms with Crippen LogP contribution in [0.25, 0.3) is 0 Å². The minimum atomic E-state index is -0.707. The maximum Gasteiger partial charge on any atom is 0.308 e. The lowest BCUT2D eigenvalue weighted by atomic mass is 9.86.